The summed E-state index contributed by atoms with van der Waals surface area (Å²) in [5.74, 6) is 0.613. The number of hydrogen-bond donors (Lipinski definition) is 1. The first-order valence-electron chi connectivity index (χ1n) is 9.97. The number of hydrogen-bond acceptors (Lipinski definition) is 6. The molecule has 6 nitrogen and oxygen atoms in total. The monoisotopic (exact) mass is 499 g/mol. The number of nitriles is 1. The number of carbonyl (C=O) groups excluding carboxylic acids is 1. The molecule has 4 rings (SSSR count). The van der Waals surface area contributed by atoms with Crippen LogP contribution in [0.4, 0.5) is 5.69 Å². The van der Waals surface area contributed by atoms with Gasteiger partial charge in [-0.2, -0.15) is 5.26 Å². The minimum absolute atomic E-state index is 0.0152. The number of halogens is 1. The summed E-state index contributed by atoms with van der Waals surface area (Å²) in [6, 6.07) is 13.9. The van der Waals surface area contributed by atoms with Crippen LogP contribution in [0.5, 0.6) is 11.5 Å². The van der Waals surface area contributed by atoms with Crippen molar-refractivity contribution in [3.63, 3.8) is 0 Å². The van der Waals surface area contributed by atoms with Crippen LogP contribution in [0.2, 0.25) is 0 Å². The maximum Gasteiger partial charge on any atom is 0.229 e. The summed E-state index contributed by atoms with van der Waals surface area (Å²) in [6.45, 7) is 4.72. The number of carbonyl (C=O) groups is 1. The lowest BCUT2D eigenvalue weighted by atomic mass is 9.86. The minimum atomic E-state index is -0.377. The van der Waals surface area contributed by atoms with E-state index in [4.69, 9.17) is 4.74 Å². The van der Waals surface area contributed by atoms with Crippen molar-refractivity contribution >= 4 is 39.3 Å². The highest BCUT2D eigenvalue weighted by molar-refractivity contribution is 9.10. The number of rotatable bonds is 4. The van der Waals surface area contributed by atoms with Gasteiger partial charge in [-0.15, -0.1) is 0 Å². The summed E-state index contributed by atoms with van der Waals surface area (Å²) >= 11 is 4.87. The third-order valence-corrected chi connectivity index (χ3v) is 7.26. The molecule has 2 aliphatic heterocycles. The standard InChI is InChI=1S/C23H22BrN3O3S/c1-3-30-20-9-15(8-18(24)22(20)29)16-10-21(28)27-12-26(13-31-23(27)17(16)11-25)19-7-5-4-6-14(19)2/h4-9,16,29H,3,10,12-13H2,1-2H3/t16-/m1/s1. The molecule has 0 radical (unpaired) electrons. The first-order valence-corrected chi connectivity index (χ1v) is 11.8. The van der Waals surface area contributed by atoms with Gasteiger partial charge >= 0.3 is 0 Å². The molecule has 2 aliphatic rings. The zero-order chi connectivity index (χ0) is 22.1. The maximum absolute atomic E-state index is 13.1. The van der Waals surface area contributed by atoms with E-state index >= 15 is 0 Å². The van der Waals surface area contributed by atoms with Gasteiger partial charge in [0.25, 0.3) is 0 Å². The Bertz CT molecular complexity index is 1110. The second-order valence-corrected chi connectivity index (χ2v) is 9.22. The first kappa shape index (κ1) is 21.6. The predicted molar refractivity (Wildman–Crippen MR) is 125 cm³/mol. The minimum Gasteiger partial charge on any atom is -0.503 e. The number of amides is 1. The number of phenols is 1. The molecule has 31 heavy (non-hydrogen) atoms. The van der Waals surface area contributed by atoms with Crippen LogP contribution in [-0.2, 0) is 4.79 Å². The largest absolute Gasteiger partial charge is 0.503 e. The molecule has 1 saturated heterocycles. The van der Waals surface area contributed by atoms with Crippen molar-refractivity contribution in [3.05, 3.63) is 62.6 Å². The summed E-state index contributed by atoms with van der Waals surface area (Å²) in [4.78, 5) is 17.0. The van der Waals surface area contributed by atoms with Gasteiger partial charge in [0, 0.05) is 18.0 Å². The summed E-state index contributed by atoms with van der Waals surface area (Å²) < 4.78 is 6.02. The molecule has 8 heteroatoms. The number of allylic oxidation sites excluding steroid dienone is 1. The van der Waals surface area contributed by atoms with Crippen molar-refractivity contribution in [3.8, 4) is 17.6 Å². The molecular formula is C23H22BrN3O3S. The maximum atomic E-state index is 13.1. The molecule has 0 spiro atoms. The molecule has 2 aromatic carbocycles. The molecule has 1 atom stereocenters. The van der Waals surface area contributed by atoms with E-state index in [1.807, 2.05) is 19.1 Å². The summed E-state index contributed by atoms with van der Waals surface area (Å²) in [5.41, 5.74) is 3.59. The lowest BCUT2D eigenvalue weighted by molar-refractivity contribution is -0.129. The van der Waals surface area contributed by atoms with E-state index < -0.39 is 0 Å². The average molecular weight is 500 g/mol. The predicted octanol–water partition coefficient (Wildman–Crippen LogP) is 5.08. The van der Waals surface area contributed by atoms with Gasteiger partial charge in [0.15, 0.2) is 11.5 Å². The SMILES string of the molecule is CCOc1cc([C@H]2CC(=O)N3CN(c4ccccc4C)CSC3=C2C#N)cc(Br)c1O. The molecule has 0 bridgehead atoms. The first-order chi connectivity index (χ1) is 14.9. The van der Waals surface area contributed by atoms with Crippen molar-refractivity contribution in [2.24, 2.45) is 0 Å². The van der Waals surface area contributed by atoms with Crippen LogP contribution in [0, 0.1) is 18.3 Å². The smallest absolute Gasteiger partial charge is 0.229 e. The summed E-state index contributed by atoms with van der Waals surface area (Å²) in [6.07, 6.45) is 0.192. The number of phenolic OH excluding ortho intramolecular Hbond substituents is 1. The topological polar surface area (TPSA) is 76.8 Å². The number of benzene rings is 2. The number of aromatic hydroxyl groups is 1. The van der Waals surface area contributed by atoms with Gasteiger partial charge in [-0.05, 0) is 59.1 Å². The van der Waals surface area contributed by atoms with Gasteiger partial charge in [0.05, 0.1) is 40.3 Å². The van der Waals surface area contributed by atoms with E-state index in [-0.39, 0.29) is 24.0 Å². The van der Waals surface area contributed by atoms with Crippen LogP contribution in [-0.4, -0.2) is 35.1 Å². The van der Waals surface area contributed by atoms with Crippen LogP contribution in [0.3, 0.4) is 0 Å². The van der Waals surface area contributed by atoms with Crippen molar-refractivity contribution in [1.29, 1.82) is 5.26 Å². The number of nitrogens with zero attached hydrogens (tertiary/aromatic N) is 3. The zero-order valence-electron chi connectivity index (χ0n) is 17.3. The number of para-hydroxylation sites is 1. The normalized spacial score (nSPS) is 18.6. The Labute approximate surface area is 194 Å². The van der Waals surface area contributed by atoms with Crippen LogP contribution in [0.25, 0.3) is 0 Å². The molecule has 1 fully saturated rings. The summed E-state index contributed by atoms with van der Waals surface area (Å²) in [5, 5.41) is 21.0. The molecule has 160 valence electrons. The Hall–Kier alpha value is -2.63. The fourth-order valence-corrected chi connectivity index (χ4v) is 5.60. The molecular weight excluding hydrogens is 478 g/mol. The quantitative estimate of drug-likeness (QED) is 0.631. The number of ether oxygens (including phenoxy) is 1. The Balaban J connectivity index is 1.70. The van der Waals surface area contributed by atoms with Gasteiger partial charge < -0.3 is 14.7 Å². The van der Waals surface area contributed by atoms with E-state index in [2.05, 4.69) is 46.0 Å². The number of aryl methyl sites for hydroxylation is 1. The molecule has 2 heterocycles. The van der Waals surface area contributed by atoms with E-state index in [1.54, 1.807) is 17.0 Å². The molecule has 0 unspecified atom stereocenters. The molecule has 1 N–H and O–H groups in total. The summed E-state index contributed by atoms with van der Waals surface area (Å²) in [7, 11) is 0. The lowest BCUT2D eigenvalue weighted by Gasteiger charge is -2.42. The third kappa shape index (κ3) is 4.00. The molecule has 1 amide bonds. The fraction of sp³-hybridized carbons (Fsp3) is 0.304. The van der Waals surface area contributed by atoms with E-state index in [9.17, 15) is 15.2 Å². The third-order valence-electron chi connectivity index (χ3n) is 5.50. The average Bonchev–Trinajstić information content (AvgIpc) is 2.77. The van der Waals surface area contributed by atoms with Gasteiger partial charge in [-0.25, -0.2) is 0 Å². The highest BCUT2D eigenvalue weighted by Gasteiger charge is 2.39. The van der Waals surface area contributed by atoms with Crippen molar-refractivity contribution in [2.75, 3.05) is 24.1 Å². The van der Waals surface area contributed by atoms with Crippen LogP contribution >= 0.6 is 27.7 Å². The number of anilines is 1. The van der Waals surface area contributed by atoms with Crippen molar-refractivity contribution in [2.45, 2.75) is 26.2 Å². The molecule has 0 aromatic heterocycles. The van der Waals surface area contributed by atoms with Gasteiger partial charge in [-0.3, -0.25) is 9.69 Å². The Morgan fingerprint density at radius 3 is 2.84 bits per heavy atom. The van der Waals surface area contributed by atoms with Gasteiger partial charge in [0.1, 0.15) is 0 Å². The fourth-order valence-electron chi connectivity index (χ4n) is 3.98. The van der Waals surface area contributed by atoms with E-state index in [1.165, 1.54) is 11.8 Å². The van der Waals surface area contributed by atoms with Crippen LogP contribution < -0.4 is 9.64 Å². The Morgan fingerprint density at radius 2 is 2.13 bits per heavy atom. The molecule has 0 saturated carbocycles. The second kappa shape index (κ2) is 8.85. The van der Waals surface area contributed by atoms with Crippen LogP contribution in [0.1, 0.15) is 30.4 Å². The number of thioether (sulfide) groups is 1. The highest BCUT2D eigenvalue weighted by atomic mass is 79.9. The van der Waals surface area contributed by atoms with E-state index in [0.717, 1.165) is 21.8 Å². The van der Waals surface area contributed by atoms with E-state index in [0.29, 0.717) is 34.9 Å². The van der Waals surface area contributed by atoms with Crippen molar-refractivity contribution < 1.29 is 14.6 Å². The lowest BCUT2D eigenvalue weighted by Crippen LogP contribution is -2.47. The van der Waals surface area contributed by atoms with Crippen LogP contribution in [0.15, 0.2) is 51.5 Å². The number of fused-ring (bicyclic) bond motifs is 1. The highest BCUT2D eigenvalue weighted by Crippen LogP contribution is 2.46. The van der Waals surface area contributed by atoms with Crippen molar-refractivity contribution in [1.82, 2.24) is 4.90 Å². The Kier molecular flexibility index (Phi) is 6.17. The molecule has 0 aliphatic carbocycles. The Morgan fingerprint density at radius 1 is 1.35 bits per heavy atom. The van der Waals surface area contributed by atoms with Gasteiger partial charge in [0.2, 0.25) is 5.91 Å². The zero-order valence-corrected chi connectivity index (χ0v) is 19.7. The van der Waals surface area contributed by atoms with Gasteiger partial charge in [-0.1, -0.05) is 30.0 Å². The second-order valence-electron chi connectivity index (χ2n) is 7.43. The molecule has 2 aromatic rings.